The summed E-state index contributed by atoms with van der Waals surface area (Å²) >= 11 is 0. The van der Waals surface area contributed by atoms with Crippen LogP contribution in [-0.2, 0) is 14.2 Å². The van der Waals surface area contributed by atoms with Crippen LogP contribution < -0.4 is 0 Å². The van der Waals surface area contributed by atoms with Gasteiger partial charge in [0.25, 0.3) is 0 Å². The Bertz CT molecular complexity index is 799. The second-order valence-corrected chi connectivity index (χ2v) is 16.6. The summed E-state index contributed by atoms with van der Waals surface area (Å²) < 4.78 is 17.1. The maximum absolute atomic E-state index is 12.9. The predicted molar refractivity (Wildman–Crippen MR) is 238 cm³/mol. The minimum absolute atomic E-state index is 0.0114. The van der Waals surface area contributed by atoms with Crippen LogP contribution in [0.5, 0.6) is 0 Å². The fourth-order valence-electron chi connectivity index (χ4n) is 7.46. The Morgan fingerprint density at radius 3 is 1.25 bits per heavy atom. The van der Waals surface area contributed by atoms with Gasteiger partial charge in [-0.05, 0) is 83.7 Å². The summed E-state index contributed by atoms with van der Waals surface area (Å²) in [6, 6.07) is 0. The molecule has 8 heteroatoms. The molecule has 0 bridgehead atoms. The predicted octanol–water partition coefficient (Wildman–Crippen LogP) is 14.2. The third kappa shape index (κ3) is 38.0. The van der Waals surface area contributed by atoms with Crippen molar-refractivity contribution < 1.29 is 28.9 Å². The molecule has 0 heterocycles. The van der Waals surface area contributed by atoms with Gasteiger partial charge in [-0.1, -0.05) is 169 Å². The van der Waals surface area contributed by atoms with Gasteiger partial charge in [-0.3, -0.25) is 0 Å². The molecule has 0 aliphatic heterocycles. The van der Waals surface area contributed by atoms with E-state index in [9.17, 15) is 14.7 Å². The molecule has 0 spiro atoms. The van der Waals surface area contributed by atoms with Gasteiger partial charge in [0, 0.05) is 26.2 Å². The number of hydrogen-bond donors (Lipinski definition) is 1. The van der Waals surface area contributed by atoms with E-state index in [4.69, 9.17) is 14.2 Å². The molecule has 0 rings (SSSR count). The molecule has 0 aromatic carbocycles. The number of nitrogens with zero attached hydrogens (tertiary/aromatic N) is 2. The summed E-state index contributed by atoms with van der Waals surface area (Å²) in [6.07, 6.45) is 37.5. The van der Waals surface area contributed by atoms with Crippen LogP contribution in [-0.4, -0.2) is 85.8 Å². The van der Waals surface area contributed by atoms with E-state index in [1.165, 1.54) is 116 Å². The van der Waals surface area contributed by atoms with Crippen molar-refractivity contribution in [2.24, 2.45) is 0 Å². The standard InChI is InChI=1S/C48H96N2O6/c1-5-9-13-17-20-27-36-46(37-28-21-18-14-10-6-2)56-48(53)55-45-34-26-24-30-39-49(40-35-43-51)38-29-23-25-33-44-54-47(52)50(41-31-16-12-8-4)42-32-22-19-15-11-7-3/h46,51H,5-45H2,1-4H3. The first-order valence-electron chi connectivity index (χ1n) is 24.6. The van der Waals surface area contributed by atoms with E-state index in [1.807, 2.05) is 4.90 Å². The van der Waals surface area contributed by atoms with Crippen LogP contribution in [0.2, 0.25) is 0 Å². The number of carbonyl (C=O) groups excluding carboxylic acids is 2. The van der Waals surface area contributed by atoms with Crippen molar-refractivity contribution in [1.82, 2.24) is 9.80 Å². The number of unbranched alkanes of at least 4 members (excludes halogenated alkanes) is 24. The summed E-state index contributed by atoms with van der Waals surface area (Å²) in [5, 5.41) is 9.44. The lowest BCUT2D eigenvalue weighted by Crippen LogP contribution is -2.33. The van der Waals surface area contributed by atoms with Crippen LogP contribution in [0.25, 0.3) is 0 Å². The van der Waals surface area contributed by atoms with Crippen molar-refractivity contribution in [2.75, 3.05) is 52.5 Å². The average molecular weight is 797 g/mol. The van der Waals surface area contributed by atoms with Gasteiger partial charge in [0.05, 0.1) is 13.2 Å². The Kier molecular flexibility index (Phi) is 43.3. The second kappa shape index (κ2) is 44.6. The number of hydrogen-bond acceptors (Lipinski definition) is 7. The maximum atomic E-state index is 12.9. The summed E-state index contributed by atoms with van der Waals surface area (Å²) in [5.74, 6) is 0. The van der Waals surface area contributed by atoms with Gasteiger partial charge < -0.3 is 29.1 Å². The van der Waals surface area contributed by atoms with Gasteiger partial charge in [-0.15, -0.1) is 0 Å². The minimum atomic E-state index is -0.483. The molecule has 0 fully saturated rings. The van der Waals surface area contributed by atoms with E-state index >= 15 is 0 Å². The Morgan fingerprint density at radius 2 is 0.786 bits per heavy atom. The smallest absolute Gasteiger partial charge is 0.449 e. The van der Waals surface area contributed by atoms with E-state index < -0.39 is 6.16 Å². The van der Waals surface area contributed by atoms with Crippen LogP contribution >= 0.6 is 0 Å². The molecule has 0 aliphatic rings. The van der Waals surface area contributed by atoms with Crippen LogP contribution in [0.15, 0.2) is 0 Å². The van der Waals surface area contributed by atoms with Crippen molar-refractivity contribution in [1.29, 1.82) is 0 Å². The Hall–Kier alpha value is -1.54. The van der Waals surface area contributed by atoms with Crippen LogP contribution in [0, 0.1) is 0 Å². The number of rotatable bonds is 44. The Balaban J connectivity index is 4.29. The topological polar surface area (TPSA) is 88.5 Å². The highest BCUT2D eigenvalue weighted by Gasteiger charge is 2.16. The van der Waals surface area contributed by atoms with Gasteiger partial charge in [-0.2, -0.15) is 0 Å². The highest BCUT2D eigenvalue weighted by atomic mass is 16.7. The summed E-state index contributed by atoms with van der Waals surface area (Å²) in [4.78, 5) is 29.9. The molecule has 0 aromatic rings. The molecule has 0 aliphatic carbocycles. The molecule has 1 N–H and O–H groups in total. The van der Waals surface area contributed by atoms with Crippen LogP contribution in [0.4, 0.5) is 9.59 Å². The molecule has 0 aromatic heterocycles. The number of aliphatic hydroxyl groups is 1. The Labute approximate surface area is 348 Å². The van der Waals surface area contributed by atoms with Crippen molar-refractivity contribution in [3.63, 3.8) is 0 Å². The van der Waals surface area contributed by atoms with Gasteiger partial charge >= 0.3 is 12.2 Å². The molecular weight excluding hydrogens is 701 g/mol. The summed E-state index contributed by atoms with van der Waals surface area (Å²) in [6.45, 7) is 14.8. The quantitative estimate of drug-likeness (QED) is 0.0485. The lowest BCUT2D eigenvalue weighted by Gasteiger charge is -2.22. The first-order valence-corrected chi connectivity index (χ1v) is 24.6. The van der Waals surface area contributed by atoms with Gasteiger partial charge in [0.15, 0.2) is 0 Å². The zero-order valence-electron chi connectivity index (χ0n) is 38.0. The largest absolute Gasteiger partial charge is 0.508 e. The molecule has 0 saturated carbocycles. The zero-order chi connectivity index (χ0) is 41.0. The molecule has 0 atom stereocenters. The van der Waals surface area contributed by atoms with Crippen molar-refractivity contribution in [3.8, 4) is 0 Å². The summed E-state index contributed by atoms with van der Waals surface area (Å²) in [7, 11) is 0. The third-order valence-corrected chi connectivity index (χ3v) is 11.2. The molecule has 56 heavy (non-hydrogen) atoms. The van der Waals surface area contributed by atoms with Crippen LogP contribution in [0.1, 0.15) is 240 Å². The van der Waals surface area contributed by atoms with E-state index in [0.29, 0.717) is 13.2 Å². The fourth-order valence-corrected chi connectivity index (χ4v) is 7.46. The molecule has 0 unspecified atom stereocenters. The number of carbonyl (C=O) groups is 2. The normalized spacial score (nSPS) is 11.5. The van der Waals surface area contributed by atoms with E-state index in [1.54, 1.807) is 0 Å². The van der Waals surface area contributed by atoms with Crippen molar-refractivity contribution in [2.45, 2.75) is 246 Å². The maximum Gasteiger partial charge on any atom is 0.508 e. The van der Waals surface area contributed by atoms with Crippen LogP contribution in [0.3, 0.4) is 0 Å². The van der Waals surface area contributed by atoms with Crippen molar-refractivity contribution in [3.05, 3.63) is 0 Å². The molecule has 0 saturated heterocycles. The lowest BCUT2D eigenvalue weighted by atomic mass is 10.0. The molecule has 0 radical (unpaired) electrons. The van der Waals surface area contributed by atoms with E-state index in [2.05, 4.69) is 32.6 Å². The monoisotopic (exact) mass is 797 g/mol. The number of aliphatic hydroxyl groups excluding tert-OH is 1. The third-order valence-electron chi connectivity index (χ3n) is 11.2. The first-order chi connectivity index (χ1) is 27.5. The summed E-state index contributed by atoms with van der Waals surface area (Å²) in [5.41, 5.74) is 0. The second-order valence-electron chi connectivity index (χ2n) is 16.6. The number of ether oxygens (including phenoxy) is 3. The molecule has 334 valence electrons. The molecular formula is C48H96N2O6. The zero-order valence-corrected chi connectivity index (χ0v) is 38.0. The lowest BCUT2D eigenvalue weighted by molar-refractivity contribution is 0.0154. The molecule has 1 amide bonds. The van der Waals surface area contributed by atoms with Gasteiger partial charge in [-0.25, -0.2) is 9.59 Å². The fraction of sp³-hybridized carbons (Fsp3) is 0.958. The van der Waals surface area contributed by atoms with Crippen molar-refractivity contribution >= 4 is 12.2 Å². The van der Waals surface area contributed by atoms with E-state index in [-0.39, 0.29) is 18.8 Å². The highest BCUT2D eigenvalue weighted by molar-refractivity contribution is 5.67. The highest BCUT2D eigenvalue weighted by Crippen LogP contribution is 2.18. The Morgan fingerprint density at radius 1 is 0.429 bits per heavy atom. The first kappa shape index (κ1) is 54.5. The van der Waals surface area contributed by atoms with Gasteiger partial charge in [0.2, 0.25) is 0 Å². The minimum Gasteiger partial charge on any atom is -0.449 e. The van der Waals surface area contributed by atoms with E-state index in [0.717, 1.165) is 129 Å². The molecule has 8 nitrogen and oxygen atoms in total. The number of amides is 1. The SMILES string of the molecule is CCCCCCCCC(CCCCCCCC)OC(=O)OCCCCCCN(CCCO)CCCCCCOC(=O)N(CCCCCC)CCCCCCCC. The van der Waals surface area contributed by atoms with Gasteiger partial charge in [0.1, 0.15) is 6.10 Å². The average Bonchev–Trinajstić information content (AvgIpc) is 3.20.